The van der Waals surface area contributed by atoms with Gasteiger partial charge in [-0.05, 0) is 35.2 Å². The van der Waals surface area contributed by atoms with Crippen LogP contribution in [0, 0.1) is 23.0 Å². The van der Waals surface area contributed by atoms with Crippen molar-refractivity contribution in [3.63, 3.8) is 0 Å². The standard InChI is InChI=1S/C17H15F2NS/c1-17(2,3)12-4-6-13(7-5-12)21-16-14(18)8-11(10-20)9-15(16)19/h4-9H,1-3H3. The summed E-state index contributed by atoms with van der Waals surface area (Å²) >= 11 is 1.02. The first kappa shape index (κ1) is 15.5. The molecule has 1 nitrogen and oxygen atoms in total. The van der Waals surface area contributed by atoms with Gasteiger partial charge < -0.3 is 0 Å². The Bertz CT molecular complexity index is 671. The van der Waals surface area contributed by atoms with Crippen LogP contribution in [0.5, 0.6) is 0 Å². The highest BCUT2D eigenvalue weighted by molar-refractivity contribution is 7.99. The zero-order valence-corrected chi connectivity index (χ0v) is 12.9. The van der Waals surface area contributed by atoms with Gasteiger partial charge in [-0.15, -0.1) is 0 Å². The van der Waals surface area contributed by atoms with E-state index in [1.54, 1.807) is 6.07 Å². The Morgan fingerprint density at radius 2 is 1.52 bits per heavy atom. The van der Waals surface area contributed by atoms with Gasteiger partial charge >= 0.3 is 0 Å². The van der Waals surface area contributed by atoms with Crippen LogP contribution in [0.15, 0.2) is 46.2 Å². The summed E-state index contributed by atoms with van der Waals surface area (Å²) in [5.74, 6) is -1.42. The molecule has 0 heterocycles. The smallest absolute Gasteiger partial charge is 0.141 e. The maximum absolute atomic E-state index is 13.8. The third-order valence-electron chi connectivity index (χ3n) is 3.07. The Balaban J connectivity index is 2.29. The lowest BCUT2D eigenvalue weighted by molar-refractivity contribution is 0.540. The van der Waals surface area contributed by atoms with Crippen molar-refractivity contribution in [1.29, 1.82) is 5.26 Å². The second-order valence-electron chi connectivity index (χ2n) is 5.76. The normalized spacial score (nSPS) is 11.2. The average Bonchev–Trinajstić information content (AvgIpc) is 2.42. The summed E-state index contributed by atoms with van der Waals surface area (Å²) in [7, 11) is 0. The quantitative estimate of drug-likeness (QED) is 0.753. The van der Waals surface area contributed by atoms with E-state index in [0.29, 0.717) is 0 Å². The van der Waals surface area contributed by atoms with Crippen molar-refractivity contribution >= 4 is 11.8 Å². The van der Waals surface area contributed by atoms with E-state index in [0.717, 1.165) is 34.4 Å². The van der Waals surface area contributed by atoms with E-state index < -0.39 is 11.6 Å². The fourth-order valence-electron chi connectivity index (χ4n) is 1.86. The number of halogens is 2. The number of nitrogens with zero attached hydrogens (tertiary/aromatic N) is 1. The summed E-state index contributed by atoms with van der Waals surface area (Å²) in [4.78, 5) is 0.669. The van der Waals surface area contributed by atoms with Gasteiger partial charge in [-0.2, -0.15) is 5.26 Å². The molecule has 0 saturated heterocycles. The van der Waals surface area contributed by atoms with Gasteiger partial charge in [-0.3, -0.25) is 0 Å². The molecule has 0 N–H and O–H groups in total. The zero-order valence-electron chi connectivity index (χ0n) is 12.1. The van der Waals surface area contributed by atoms with Gasteiger partial charge in [0.15, 0.2) is 0 Å². The van der Waals surface area contributed by atoms with Gasteiger partial charge in [0.25, 0.3) is 0 Å². The molecule has 4 heteroatoms. The highest BCUT2D eigenvalue weighted by atomic mass is 32.2. The monoisotopic (exact) mass is 303 g/mol. The molecule has 0 aliphatic carbocycles. The predicted molar refractivity (Wildman–Crippen MR) is 80.3 cm³/mol. The van der Waals surface area contributed by atoms with Crippen molar-refractivity contribution in [2.45, 2.75) is 36.0 Å². The Morgan fingerprint density at radius 1 is 1.00 bits per heavy atom. The van der Waals surface area contributed by atoms with Crippen molar-refractivity contribution in [2.75, 3.05) is 0 Å². The first-order valence-electron chi connectivity index (χ1n) is 6.49. The molecule has 2 rings (SSSR count). The molecule has 0 amide bonds. The number of rotatable bonds is 2. The van der Waals surface area contributed by atoms with Crippen LogP contribution in [0.2, 0.25) is 0 Å². The minimum atomic E-state index is -0.712. The number of nitriles is 1. The zero-order chi connectivity index (χ0) is 15.6. The summed E-state index contributed by atoms with van der Waals surface area (Å²) in [6.45, 7) is 6.32. The van der Waals surface area contributed by atoms with Crippen molar-refractivity contribution in [3.8, 4) is 6.07 Å². The molecule has 0 bridgehead atoms. The second-order valence-corrected chi connectivity index (χ2v) is 6.84. The van der Waals surface area contributed by atoms with E-state index in [-0.39, 0.29) is 15.9 Å². The van der Waals surface area contributed by atoms with Crippen molar-refractivity contribution in [3.05, 3.63) is 59.2 Å². The van der Waals surface area contributed by atoms with E-state index in [1.165, 1.54) is 0 Å². The molecule has 0 fully saturated rings. The number of benzene rings is 2. The molecule has 2 aromatic carbocycles. The summed E-state index contributed by atoms with van der Waals surface area (Å²) in [6.07, 6.45) is 0. The molecule has 0 aliphatic rings. The van der Waals surface area contributed by atoms with Gasteiger partial charge in [-0.25, -0.2) is 8.78 Å². The molecule has 0 spiro atoms. The maximum Gasteiger partial charge on any atom is 0.141 e. The van der Waals surface area contributed by atoms with Crippen LogP contribution in [0.1, 0.15) is 31.9 Å². The molecule has 0 unspecified atom stereocenters. The molecular weight excluding hydrogens is 288 g/mol. The molecule has 108 valence electrons. The van der Waals surface area contributed by atoms with Crippen LogP contribution in [0.3, 0.4) is 0 Å². The average molecular weight is 303 g/mol. The first-order chi connectivity index (χ1) is 9.81. The first-order valence-corrected chi connectivity index (χ1v) is 7.30. The Hall–Kier alpha value is -1.86. The summed E-state index contributed by atoms with van der Waals surface area (Å²) in [6, 6.07) is 11.5. The van der Waals surface area contributed by atoms with Gasteiger partial charge in [0.2, 0.25) is 0 Å². The van der Waals surface area contributed by atoms with Crippen LogP contribution in [0.25, 0.3) is 0 Å². The van der Waals surface area contributed by atoms with Gasteiger partial charge in [0, 0.05) is 4.90 Å². The highest BCUT2D eigenvalue weighted by Gasteiger charge is 2.15. The van der Waals surface area contributed by atoms with Crippen LogP contribution in [-0.4, -0.2) is 0 Å². The Labute approximate surface area is 127 Å². The van der Waals surface area contributed by atoms with E-state index in [1.807, 2.05) is 24.3 Å². The topological polar surface area (TPSA) is 23.8 Å². The van der Waals surface area contributed by atoms with Crippen molar-refractivity contribution in [2.24, 2.45) is 0 Å². The van der Waals surface area contributed by atoms with E-state index >= 15 is 0 Å². The third-order valence-corrected chi connectivity index (χ3v) is 4.17. The van der Waals surface area contributed by atoms with Gasteiger partial charge in [0.1, 0.15) is 11.6 Å². The molecule has 2 aromatic rings. The minimum Gasteiger partial charge on any atom is -0.206 e. The van der Waals surface area contributed by atoms with E-state index in [2.05, 4.69) is 20.8 Å². The van der Waals surface area contributed by atoms with Crippen LogP contribution < -0.4 is 0 Å². The van der Waals surface area contributed by atoms with Gasteiger partial charge in [0.05, 0.1) is 16.5 Å². The molecule has 0 aromatic heterocycles. The lowest BCUT2D eigenvalue weighted by atomic mass is 9.87. The molecule has 0 saturated carbocycles. The summed E-state index contributed by atoms with van der Waals surface area (Å²) in [5.41, 5.74) is 1.18. The number of hydrogen-bond donors (Lipinski definition) is 0. The summed E-state index contributed by atoms with van der Waals surface area (Å²) < 4.78 is 27.7. The molecule has 0 aliphatic heterocycles. The lowest BCUT2D eigenvalue weighted by Crippen LogP contribution is -2.10. The molecular formula is C17H15F2NS. The predicted octanol–water partition coefficient (Wildman–Crippen LogP) is 5.29. The van der Waals surface area contributed by atoms with E-state index in [4.69, 9.17) is 5.26 Å². The Kier molecular flexibility index (Phi) is 4.34. The fourth-order valence-corrected chi connectivity index (χ4v) is 2.68. The Morgan fingerprint density at radius 3 is 1.95 bits per heavy atom. The third kappa shape index (κ3) is 3.62. The highest BCUT2D eigenvalue weighted by Crippen LogP contribution is 2.34. The molecule has 0 atom stereocenters. The minimum absolute atomic E-state index is 0.0163. The number of hydrogen-bond acceptors (Lipinski definition) is 2. The lowest BCUT2D eigenvalue weighted by Gasteiger charge is -2.19. The van der Waals surface area contributed by atoms with Crippen molar-refractivity contribution in [1.82, 2.24) is 0 Å². The molecule has 21 heavy (non-hydrogen) atoms. The molecule has 0 radical (unpaired) electrons. The van der Waals surface area contributed by atoms with Crippen molar-refractivity contribution < 1.29 is 8.78 Å². The summed E-state index contributed by atoms with van der Waals surface area (Å²) in [5, 5.41) is 8.68. The largest absolute Gasteiger partial charge is 0.206 e. The maximum atomic E-state index is 13.8. The van der Waals surface area contributed by atoms with Gasteiger partial charge in [-0.1, -0.05) is 44.7 Å². The fraction of sp³-hybridized carbons (Fsp3) is 0.235. The van der Waals surface area contributed by atoms with Crippen LogP contribution in [-0.2, 0) is 5.41 Å². The van der Waals surface area contributed by atoms with Crippen LogP contribution in [0.4, 0.5) is 8.78 Å². The van der Waals surface area contributed by atoms with Crippen LogP contribution >= 0.6 is 11.8 Å². The SMILES string of the molecule is CC(C)(C)c1ccc(Sc2c(F)cc(C#N)cc2F)cc1. The second kappa shape index (κ2) is 5.87. The van der Waals surface area contributed by atoms with E-state index in [9.17, 15) is 8.78 Å².